The van der Waals surface area contributed by atoms with Crippen LogP contribution in [0.15, 0.2) is 16.8 Å². The highest BCUT2D eigenvalue weighted by Crippen LogP contribution is 2.35. The molecular weight excluding hydrogens is 242 g/mol. The zero-order valence-electron chi connectivity index (χ0n) is 11.4. The van der Waals surface area contributed by atoms with Gasteiger partial charge in [-0.05, 0) is 55.0 Å². The molecule has 1 saturated carbocycles. The Labute approximate surface area is 115 Å². The van der Waals surface area contributed by atoms with Gasteiger partial charge in [0.05, 0.1) is 5.60 Å². The zero-order valence-corrected chi connectivity index (χ0v) is 12.2. The van der Waals surface area contributed by atoms with Crippen molar-refractivity contribution in [3.8, 4) is 0 Å². The Morgan fingerprint density at radius 3 is 2.78 bits per heavy atom. The van der Waals surface area contributed by atoms with Crippen LogP contribution < -0.4 is 5.73 Å². The van der Waals surface area contributed by atoms with E-state index in [0.717, 1.165) is 32.3 Å². The van der Waals surface area contributed by atoms with Crippen molar-refractivity contribution in [1.29, 1.82) is 0 Å². The number of rotatable bonds is 6. The lowest BCUT2D eigenvalue weighted by atomic mass is 9.77. The predicted octanol–water partition coefficient (Wildman–Crippen LogP) is 3.75. The lowest BCUT2D eigenvalue weighted by Gasteiger charge is -2.41. The molecule has 0 saturated heterocycles. The number of ether oxygens (including phenoxy) is 1. The van der Waals surface area contributed by atoms with E-state index in [1.807, 2.05) is 0 Å². The molecule has 1 aromatic rings. The van der Waals surface area contributed by atoms with E-state index in [2.05, 4.69) is 23.8 Å². The number of aryl methyl sites for hydroxylation is 1. The Morgan fingerprint density at radius 1 is 1.39 bits per heavy atom. The SMILES string of the molecule is CCOC1(C(N)CCc2ccsc2)CCCCC1. The molecule has 0 bridgehead atoms. The maximum absolute atomic E-state index is 6.46. The first-order valence-electron chi connectivity index (χ1n) is 7.17. The largest absolute Gasteiger partial charge is 0.374 e. The van der Waals surface area contributed by atoms with Gasteiger partial charge in [0.25, 0.3) is 0 Å². The molecule has 0 aromatic carbocycles. The van der Waals surface area contributed by atoms with Crippen molar-refractivity contribution in [3.05, 3.63) is 22.4 Å². The average Bonchev–Trinajstić information content (AvgIpc) is 2.90. The smallest absolute Gasteiger partial charge is 0.0832 e. The van der Waals surface area contributed by atoms with Crippen molar-refractivity contribution in [2.45, 2.75) is 63.5 Å². The number of nitrogens with two attached hydrogens (primary N) is 1. The quantitative estimate of drug-likeness (QED) is 0.852. The molecule has 3 heteroatoms. The third kappa shape index (κ3) is 3.34. The van der Waals surface area contributed by atoms with Crippen LogP contribution >= 0.6 is 11.3 Å². The van der Waals surface area contributed by atoms with Crippen molar-refractivity contribution in [1.82, 2.24) is 0 Å². The summed E-state index contributed by atoms with van der Waals surface area (Å²) in [7, 11) is 0. The molecule has 102 valence electrons. The first kappa shape index (κ1) is 14.0. The second-order valence-corrected chi connectivity index (χ2v) is 6.12. The van der Waals surface area contributed by atoms with Gasteiger partial charge in [-0.2, -0.15) is 11.3 Å². The van der Waals surface area contributed by atoms with E-state index in [4.69, 9.17) is 10.5 Å². The number of thiophene rings is 1. The summed E-state index contributed by atoms with van der Waals surface area (Å²) >= 11 is 1.76. The molecule has 1 fully saturated rings. The van der Waals surface area contributed by atoms with Crippen LogP contribution in [0.3, 0.4) is 0 Å². The van der Waals surface area contributed by atoms with Gasteiger partial charge in [-0.3, -0.25) is 0 Å². The molecular formula is C15H25NOS. The molecule has 2 rings (SSSR count). The van der Waals surface area contributed by atoms with Gasteiger partial charge in [0.1, 0.15) is 0 Å². The molecule has 2 N–H and O–H groups in total. The van der Waals surface area contributed by atoms with Crippen LogP contribution in [0.5, 0.6) is 0 Å². The molecule has 0 amide bonds. The van der Waals surface area contributed by atoms with Crippen LogP contribution in [0.25, 0.3) is 0 Å². The van der Waals surface area contributed by atoms with E-state index < -0.39 is 0 Å². The molecule has 1 heterocycles. The Hall–Kier alpha value is -0.380. The van der Waals surface area contributed by atoms with E-state index >= 15 is 0 Å². The van der Waals surface area contributed by atoms with Gasteiger partial charge < -0.3 is 10.5 Å². The van der Waals surface area contributed by atoms with Crippen molar-refractivity contribution >= 4 is 11.3 Å². The standard InChI is InChI=1S/C15H25NOS/c1-2-17-15(9-4-3-5-10-15)14(16)7-6-13-8-11-18-12-13/h8,11-12,14H,2-7,9-10,16H2,1H3. The van der Waals surface area contributed by atoms with Gasteiger partial charge in [-0.1, -0.05) is 19.3 Å². The minimum Gasteiger partial charge on any atom is -0.374 e. The Balaban J connectivity index is 1.92. The molecule has 18 heavy (non-hydrogen) atoms. The molecule has 0 aliphatic heterocycles. The fourth-order valence-electron chi connectivity index (χ4n) is 3.08. The van der Waals surface area contributed by atoms with Gasteiger partial charge in [-0.15, -0.1) is 0 Å². The topological polar surface area (TPSA) is 35.2 Å². The van der Waals surface area contributed by atoms with E-state index in [-0.39, 0.29) is 11.6 Å². The summed E-state index contributed by atoms with van der Waals surface area (Å²) in [6, 6.07) is 2.38. The fourth-order valence-corrected chi connectivity index (χ4v) is 3.78. The summed E-state index contributed by atoms with van der Waals surface area (Å²) in [5, 5.41) is 4.36. The average molecular weight is 267 g/mol. The summed E-state index contributed by atoms with van der Waals surface area (Å²) in [6.45, 7) is 2.87. The molecule has 1 aromatic heterocycles. The molecule has 1 aliphatic carbocycles. The van der Waals surface area contributed by atoms with Gasteiger partial charge >= 0.3 is 0 Å². The highest BCUT2D eigenvalue weighted by Gasteiger charge is 2.38. The minimum atomic E-state index is -0.0387. The van der Waals surface area contributed by atoms with E-state index in [9.17, 15) is 0 Å². The summed E-state index contributed by atoms with van der Waals surface area (Å²) in [5.74, 6) is 0. The Morgan fingerprint density at radius 2 is 2.17 bits per heavy atom. The fraction of sp³-hybridized carbons (Fsp3) is 0.733. The second kappa shape index (κ2) is 6.69. The third-order valence-corrected chi connectivity index (χ3v) is 4.86. The summed E-state index contributed by atoms with van der Waals surface area (Å²) in [5.41, 5.74) is 7.84. The maximum atomic E-state index is 6.46. The van der Waals surface area contributed by atoms with E-state index in [1.54, 1.807) is 11.3 Å². The number of hydrogen-bond acceptors (Lipinski definition) is 3. The van der Waals surface area contributed by atoms with Crippen LogP contribution in [0, 0.1) is 0 Å². The van der Waals surface area contributed by atoms with Crippen molar-refractivity contribution < 1.29 is 4.74 Å². The molecule has 1 unspecified atom stereocenters. The lowest BCUT2D eigenvalue weighted by molar-refractivity contribution is -0.0832. The van der Waals surface area contributed by atoms with Crippen LogP contribution in [-0.2, 0) is 11.2 Å². The van der Waals surface area contributed by atoms with Gasteiger partial charge in [0.15, 0.2) is 0 Å². The molecule has 2 nitrogen and oxygen atoms in total. The van der Waals surface area contributed by atoms with Crippen LogP contribution in [-0.4, -0.2) is 18.2 Å². The first-order chi connectivity index (χ1) is 8.77. The van der Waals surface area contributed by atoms with E-state index in [1.165, 1.54) is 24.8 Å². The summed E-state index contributed by atoms with van der Waals surface area (Å²) in [4.78, 5) is 0. The van der Waals surface area contributed by atoms with Gasteiger partial charge in [0, 0.05) is 12.6 Å². The second-order valence-electron chi connectivity index (χ2n) is 5.34. The van der Waals surface area contributed by atoms with Gasteiger partial charge in [-0.25, -0.2) is 0 Å². The summed E-state index contributed by atoms with van der Waals surface area (Å²) in [6.07, 6.45) is 8.29. The van der Waals surface area contributed by atoms with E-state index in [0.29, 0.717) is 0 Å². The van der Waals surface area contributed by atoms with Crippen molar-refractivity contribution in [2.75, 3.05) is 6.61 Å². The Kier molecular flexibility index (Phi) is 5.22. The predicted molar refractivity (Wildman–Crippen MR) is 78.1 cm³/mol. The molecule has 0 spiro atoms. The molecule has 1 atom stereocenters. The minimum absolute atomic E-state index is 0.0387. The van der Waals surface area contributed by atoms with Crippen LogP contribution in [0.1, 0.15) is 51.0 Å². The Bertz CT molecular complexity index is 325. The lowest BCUT2D eigenvalue weighted by Crippen LogP contribution is -2.51. The maximum Gasteiger partial charge on any atom is 0.0832 e. The molecule has 1 aliphatic rings. The molecule has 0 radical (unpaired) electrons. The highest BCUT2D eigenvalue weighted by atomic mass is 32.1. The monoisotopic (exact) mass is 267 g/mol. The van der Waals surface area contributed by atoms with Crippen LogP contribution in [0.4, 0.5) is 0 Å². The van der Waals surface area contributed by atoms with Crippen molar-refractivity contribution in [3.63, 3.8) is 0 Å². The first-order valence-corrected chi connectivity index (χ1v) is 8.12. The van der Waals surface area contributed by atoms with Gasteiger partial charge in [0.2, 0.25) is 0 Å². The third-order valence-electron chi connectivity index (χ3n) is 4.13. The van der Waals surface area contributed by atoms with Crippen LogP contribution in [0.2, 0.25) is 0 Å². The number of hydrogen-bond donors (Lipinski definition) is 1. The van der Waals surface area contributed by atoms with Crippen molar-refractivity contribution in [2.24, 2.45) is 5.73 Å². The normalized spacial score (nSPS) is 20.8. The highest BCUT2D eigenvalue weighted by molar-refractivity contribution is 7.07. The zero-order chi connectivity index (χ0) is 12.8. The summed E-state index contributed by atoms with van der Waals surface area (Å²) < 4.78 is 6.08.